The zero-order chi connectivity index (χ0) is 13.8. The van der Waals surface area contributed by atoms with Crippen LogP contribution in [0, 0.1) is 5.92 Å². The van der Waals surface area contributed by atoms with E-state index in [9.17, 15) is 9.59 Å². The topological polar surface area (TPSA) is 66.4 Å². The van der Waals surface area contributed by atoms with Crippen LogP contribution in [0.5, 0.6) is 0 Å². The number of hydrogen-bond donors (Lipinski definition) is 2. The van der Waals surface area contributed by atoms with Gasteiger partial charge in [0.05, 0.1) is 0 Å². The zero-order valence-corrected chi connectivity index (χ0v) is 11.0. The standard InChI is InChI=1S/C15H19NO3/c1-2-6-13(15(18)19)16-14(17)12-9-11(12)10-7-4-3-5-8-10/h3-5,7-8,11-13H,2,6,9H2,1H3,(H,16,17)(H,18,19)/t11?,12?,13-/m1/s1. The lowest BCUT2D eigenvalue weighted by molar-refractivity contribution is -0.142. The van der Waals surface area contributed by atoms with Gasteiger partial charge in [0.25, 0.3) is 0 Å². The zero-order valence-electron chi connectivity index (χ0n) is 11.0. The molecule has 0 heterocycles. The van der Waals surface area contributed by atoms with Crippen molar-refractivity contribution in [2.45, 2.75) is 38.1 Å². The lowest BCUT2D eigenvalue weighted by Gasteiger charge is -2.13. The highest BCUT2D eigenvalue weighted by Gasteiger charge is 2.44. The summed E-state index contributed by atoms with van der Waals surface area (Å²) in [6, 6.07) is 9.13. The molecule has 1 aromatic rings. The van der Waals surface area contributed by atoms with Gasteiger partial charge >= 0.3 is 5.97 Å². The summed E-state index contributed by atoms with van der Waals surface area (Å²) < 4.78 is 0. The molecule has 102 valence electrons. The molecule has 0 radical (unpaired) electrons. The van der Waals surface area contributed by atoms with Crippen LogP contribution in [0.15, 0.2) is 30.3 Å². The summed E-state index contributed by atoms with van der Waals surface area (Å²) in [7, 11) is 0. The first-order valence-corrected chi connectivity index (χ1v) is 6.71. The first-order valence-electron chi connectivity index (χ1n) is 6.71. The van der Waals surface area contributed by atoms with Gasteiger partial charge in [0.15, 0.2) is 0 Å². The van der Waals surface area contributed by atoms with E-state index in [-0.39, 0.29) is 17.7 Å². The summed E-state index contributed by atoms with van der Waals surface area (Å²) in [5.41, 5.74) is 1.16. The van der Waals surface area contributed by atoms with Crippen LogP contribution in [0.3, 0.4) is 0 Å². The molecule has 0 aromatic heterocycles. The van der Waals surface area contributed by atoms with E-state index in [2.05, 4.69) is 5.32 Å². The Morgan fingerprint density at radius 3 is 2.63 bits per heavy atom. The van der Waals surface area contributed by atoms with Crippen LogP contribution in [0.4, 0.5) is 0 Å². The Morgan fingerprint density at radius 1 is 1.37 bits per heavy atom. The lowest BCUT2D eigenvalue weighted by atomic mass is 10.1. The number of rotatable bonds is 6. The van der Waals surface area contributed by atoms with Crippen LogP contribution in [0.2, 0.25) is 0 Å². The van der Waals surface area contributed by atoms with Crippen LogP contribution in [-0.4, -0.2) is 23.0 Å². The van der Waals surface area contributed by atoms with Crippen LogP contribution in [0.25, 0.3) is 0 Å². The normalized spacial score (nSPS) is 22.6. The van der Waals surface area contributed by atoms with Crippen molar-refractivity contribution in [1.82, 2.24) is 5.32 Å². The highest BCUT2D eigenvalue weighted by molar-refractivity contribution is 5.87. The van der Waals surface area contributed by atoms with Gasteiger partial charge in [-0.2, -0.15) is 0 Å². The molecule has 1 fully saturated rings. The third-order valence-electron chi connectivity index (χ3n) is 3.55. The van der Waals surface area contributed by atoms with E-state index >= 15 is 0 Å². The van der Waals surface area contributed by atoms with Gasteiger partial charge in [0.1, 0.15) is 6.04 Å². The SMILES string of the molecule is CCC[C@@H](NC(=O)C1CC1c1ccccc1)C(=O)O. The number of amides is 1. The highest BCUT2D eigenvalue weighted by atomic mass is 16.4. The molecule has 0 aliphatic heterocycles. The molecule has 19 heavy (non-hydrogen) atoms. The smallest absolute Gasteiger partial charge is 0.326 e. The fraction of sp³-hybridized carbons (Fsp3) is 0.467. The quantitative estimate of drug-likeness (QED) is 0.824. The summed E-state index contributed by atoms with van der Waals surface area (Å²) in [6.45, 7) is 1.91. The number of carboxylic acids is 1. The van der Waals surface area contributed by atoms with E-state index in [1.54, 1.807) is 0 Å². The number of carbonyl (C=O) groups excluding carboxylic acids is 1. The average Bonchev–Trinajstić information content (AvgIpc) is 3.19. The molecule has 1 saturated carbocycles. The molecule has 3 atom stereocenters. The molecule has 4 nitrogen and oxygen atoms in total. The Balaban J connectivity index is 1.90. The summed E-state index contributed by atoms with van der Waals surface area (Å²) in [4.78, 5) is 23.0. The van der Waals surface area contributed by atoms with Crippen molar-refractivity contribution < 1.29 is 14.7 Å². The summed E-state index contributed by atoms with van der Waals surface area (Å²) in [5, 5.41) is 11.7. The van der Waals surface area contributed by atoms with E-state index in [1.807, 2.05) is 37.3 Å². The van der Waals surface area contributed by atoms with Crippen LogP contribution >= 0.6 is 0 Å². The molecule has 0 saturated heterocycles. The number of carboxylic acid groups (broad SMARTS) is 1. The maximum atomic E-state index is 12.0. The second kappa shape index (κ2) is 5.87. The lowest BCUT2D eigenvalue weighted by Crippen LogP contribution is -2.41. The van der Waals surface area contributed by atoms with Gasteiger partial charge in [0, 0.05) is 5.92 Å². The van der Waals surface area contributed by atoms with Crippen LogP contribution in [0.1, 0.15) is 37.7 Å². The second-order valence-electron chi connectivity index (χ2n) is 5.05. The summed E-state index contributed by atoms with van der Waals surface area (Å²) >= 11 is 0. The first-order chi connectivity index (χ1) is 9.13. The molecular weight excluding hydrogens is 242 g/mol. The molecule has 2 rings (SSSR count). The first kappa shape index (κ1) is 13.6. The van der Waals surface area contributed by atoms with Crippen molar-refractivity contribution in [2.75, 3.05) is 0 Å². The van der Waals surface area contributed by atoms with Gasteiger partial charge in [-0.25, -0.2) is 4.79 Å². The third kappa shape index (κ3) is 3.34. The van der Waals surface area contributed by atoms with Crippen molar-refractivity contribution >= 4 is 11.9 Å². The molecule has 1 amide bonds. The Bertz CT molecular complexity index is 458. The monoisotopic (exact) mass is 261 g/mol. The van der Waals surface area contributed by atoms with Crippen molar-refractivity contribution in [3.63, 3.8) is 0 Å². The van der Waals surface area contributed by atoms with E-state index in [0.717, 1.165) is 18.4 Å². The van der Waals surface area contributed by atoms with E-state index in [0.29, 0.717) is 6.42 Å². The van der Waals surface area contributed by atoms with Crippen LogP contribution < -0.4 is 5.32 Å². The Labute approximate surface area is 112 Å². The minimum absolute atomic E-state index is 0.0684. The fourth-order valence-electron chi connectivity index (χ4n) is 2.38. The minimum Gasteiger partial charge on any atom is -0.480 e. The Kier molecular flexibility index (Phi) is 4.20. The predicted octanol–water partition coefficient (Wildman–Crippen LogP) is 2.16. The molecule has 0 spiro atoms. The molecular formula is C15H19NO3. The molecule has 1 aromatic carbocycles. The van der Waals surface area contributed by atoms with Gasteiger partial charge in [-0.15, -0.1) is 0 Å². The van der Waals surface area contributed by atoms with Crippen molar-refractivity contribution in [3.05, 3.63) is 35.9 Å². The van der Waals surface area contributed by atoms with Crippen LogP contribution in [-0.2, 0) is 9.59 Å². The average molecular weight is 261 g/mol. The van der Waals surface area contributed by atoms with E-state index < -0.39 is 12.0 Å². The third-order valence-corrected chi connectivity index (χ3v) is 3.55. The fourth-order valence-corrected chi connectivity index (χ4v) is 2.38. The largest absolute Gasteiger partial charge is 0.480 e. The van der Waals surface area contributed by atoms with Gasteiger partial charge < -0.3 is 10.4 Å². The van der Waals surface area contributed by atoms with Crippen molar-refractivity contribution in [1.29, 1.82) is 0 Å². The number of nitrogens with one attached hydrogen (secondary N) is 1. The van der Waals surface area contributed by atoms with Gasteiger partial charge in [0.2, 0.25) is 5.91 Å². The second-order valence-corrected chi connectivity index (χ2v) is 5.05. The maximum absolute atomic E-state index is 12.0. The summed E-state index contributed by atoms with van der Waals surface area (Å²) in [5.74, 6) is -0.903. The summed E-state index contributed by atoms with van der Waals surface area (Å²) in [6.07, 6.45) is 2.03. The van der Waals surface area contributed by atoms with Gasteiger partial charge in [-0.3, -0.25) is 4.79 Å². The van der Waals surface area contributed by atoms with Crippen molar-refractivity contribution in [3.8, 4) is 0 Å². The van der Waals surface area contributed by atoms with E-state index in [1.165, 1.54) is 0 Å². The number of benzene rings is 1. The molecule has 0 bridgehead atoms. The van der Waals surface area contributed by atoms with Crippen molar-refractivity contribution in [2.24, 2.45) is 5.92 Å². The maximum Gasteiger partial charge on any atom is 0.326 e. The molecule has 4 heteroatoms. The predicted molar refractivity (Wildman–Crippen MR) is 71.8 cm³/mol. The number of carbonyl (C=O) groups is 2. The Morgan fingerprint density at radius 2 is 2.05 bits per heavy atom. The molecule has 2 unspecified atom stereocenters. The number of aliphatic carboxylic acids is 1. The molecule has 1 aliphatic rings. The highest BCUT2D eigenvalue weighted by Crippen LogP contribution is 2.47. The molecule has 2 N–H and O–H groups in total. The van der Waals surface area contributed by atoms with Gasteiger partial charge in [-0.05, 0) is 24.3 Å². The van der Waals surface area contributed by atoms with E-state index in [4.69, 9.17) is 5.11 Å². The molecule has 1 aliphatic carbocycles. The minimum atomic E-state index is -0.952. The Hall–Kier alpha value is -1.84. The number of hydrogen-bond acceptors (Lipinski definition) is 2. The van der Waals surface area contributed by atoms with Gasteiger partial charge in [-0.1, -0.05) is 43.7 Å².